The molecule has 0 fully saturated rings. The van der Waals surface area contributed by atoms with Crippen LogP contribution < -0.4 is 5.43 Å². The van der Waals surface area contributed by atoms with E-state index in [4.69, 9.17) is 9.73 Å². The second-order valence-corrected chi connectivity index (χ2v) is 5.30. The van der Waals surface area contributed by atoms with Gasteiger partial charge in [0.05, 0.1) is 19.3 Å². The average molecular weight is 281 g/mol. The van der Waals surface area contributed by atoms with Crippen LogP contribution >= 0.6 is 0 Å². The van der Waals surface area contributed by atoms with Crippen molar-refractivity contribution in [1.29, 1.82) is 0 Å². The highest BCUT2D eigenvalue weighted by Crippen LogP contribution is 2.32. The third-order valence-electron chi connectivity index (χ3n) is 3.66. The lowest BCUT2D eigenvalue weighted by molar-refractivity contribution is 0.317. The molecule has 1 N–H and O–H groups in total. The number of rotatable bonds is 3. The minimum absolute atomic E-state index is 0.311. The smallest absolute Gasteiger partial charge is 0.307 e. The number of para-hydroxylation sites is 1. The maximum atomic E-state index is 5.43. The maximum Gasteiger partial charge on any atom is 0.307 e. The Labute approximate surface area is 125 Å². The Morgan fingerprint density at radius 2 is 1.67 bits per heavy atom. The molecule has 1 aliphatic heterocycles. The molecule has 0 amide bonds. The molecule has 1 atom stereocenters. The zero-order valence-corrected chi connectivity index (χ0v) is 12.3. The number of nitrogens with one attached hydrogen (secondary N) is 1. The fourth-order valence-electron chi connectivity index (χ4n) is 2.55. The zero-order chi connectivity index (χ0) is 14.7. The molecule has 0 saturated carbocycles. The van der Waals surface area contributed by atoms with Crippen molar-refractivity contribution in [1.82, 2.24) is 5.01 Å². The van der Waals surface area contributed by atoms with Crippen LogP contribution in [0.15, 0.2) is 65.7 Å². The van der Waals surface area contributed by atoms with Crippen molar-refractivity contribution < 1.29 is 4.74 Å². The van der Waals surface area contributed by atoms with Crippen LogP contribution in [0, 0.1) is 0 Å². The van der Waals surface area contributed by atoms with Crippen LogP contribution in [0.4, 0.5) is 5.69 Å². The van der Waals surface area contributed by atoms with Gasteiger partial charge >= 0.3 is 6.02 Å². The minimum atomic E-state index is -0.311. The molecule has 108 valence electrons. The summed E-state index contributed by atoms with van der Waals surface area (Å²) in [6.07, 6.45) is 0. The molecule has 0 radical (unpaired) electrons. The van der Waals surface area contributed by atoms with E-state index in [9.17, 15) is 0 Å². The average Bonchev–Trinajstić information content (AvgIpc) is 2.86. The Hall–Kier alpha value is -2.49. The number of ether oxygens (including phenoxy) is 1. The first kappa shape index (κ1) is 13.5. The molecule has 0 saturated heterocycles. The van der Waals surface area contributed by atoms with Gasteiger partial charge in [-0.05, 0) is 24.6 Å². The van der Waals surface area contributed by atoms with Crippen LogP contribution in [-0.4, -0.2) is 24.7 Å². The fourth-order valence-corrected chi connectivity index (χ4v) is 2.55. The molecule has 1 aliphatic rings. The fraction of sp³-hybridized carbons (Fsp3) is 0.235. The van der Waals surface area contributed by atoms with Gasteiger partial charge in [0.1, 0.15) is 5.54 Å². The van der Waals surface area contributed by atoms with Gasteiger partial charge in [0.15, 0.2) is 0 Å². The molecule has 0 aromatic heterocycles. The minimum Gasteiger partial charge on any atom is -0.467 e. The van der Waals surface area contributed by atoms with Crippen LogP contribution in [-0.2, 0) is 10.3 Å². The molecule has 4 nitrogen and oxygen atoms in total. The normalized spacial score (nSPS) is 21.0. The summed E-state index contributed by atoms with van der Waals surface area (Å²) in [4.78, 5) is 4.74. The highest BCUT2D eigenvalue weighted by Gasteiger charge is 2.37. The van der Waals surface area contributed by atoms with E-state index in [0.717, 1.165) is 12.2 Å². The van der Waals surface area contributed by atoms with Gasteiger partial charge in [0.25, 0.3) is 0 Å². The molecule has 0 unspecified atom stereocenters. The second-order valence-electron chi connectivity index (χ2n) is 5.30. The molecule has 4 heteroatoms. The number of hydrogen-bond acceptors (Lipinski definition) is 4. The third-order valence-corrected chi connectivity index (χ3v) is 3.66. The van der Waals surface area contributed by atoms with Crippen LogP contribution in [0.1, 0.15) is 12.5 Å². The van der Waals surface area contributed by atoms with Gasteiger partial charge in [-0.1, -0.05) is 48.5 Å². The lowest BCUT2D eigenvalue weighted by Crippen LogP contribution is -2.37. The van der Waals surface area contributed by atoms with Crippen LogP contribution in [0.3, 0.4) is 0 Å². The number of methoxy groups -OCH3 is 1. The number of hydrazine groups is 1. The van der Waals surface area contributed by atoms with Crippen molar-refractivity contribution in [3.05, 3.63) is 66.2 Å². The van der Waals surface area contributed by atoms with E-state index >= 15 is 0 Å². The van der Waals surface area contributed by atoms with Crippen molar-refractivity contribution in [2.75, 3.05) is 19.1 Å². The summed E-state index contributed by atoms with van der Waals surface area (Å²) in [7, 11) is 1.65. The SMILES string of the molecule is COC1=N[C@@](C)(c2ccccc2)CN1Nc1ccccc1. The predicted molar refractivity (Wildman–Crippen MR) is 85.0 cm³/mol. The van der Waals surface area contributed by atoms with E-state index in [1.165, 1.54) is 5.56 Å². The largest absolute Gasteiger partial charge is 0.467 e. The lowest BCUT2D eigenvalue weighted by Gasteiger charge is -2.25. The summed E-state index contributed by atoms with van der Waals surface area (Å²) in [5.41, 5.74) is 5.22. The van der Waals surface area contributed by atoms with Crippen molar-refractivity contribution in [2.24, 2.45) is 4.99 Å². The van der Waals surface area contributed by atoms with Crippen LogP contribution in [0.5, 0.6) is 0 Å². The molecule has 0 aliphatic carbocycles. The lowest BCUT2D eigenvalue weighted by atomic mass is 9.93. The first-order valence-corrected chi connectivity index (χ1v) is 7.00. The molecular weight excluding hydrogens is 262 g/mol. The Morgan fingerprint density at radius 3 is 2.29 bits per heavy atom. The molecule has 2 aromatic rings. The summed E-state index contributed by atoms with van der Waals surface area (Å²) >= 11 is 0. The summed E-state index contributed by atoms with van der Waals surface area (Å²) in [6.45, 7) is 2.84. The highest BCUT2D eigenvalue weighted by molar-refractivity contribution is 5.78. The van der Waals surface area contributed by atoms with Crippen molar-refractivity contribution in [3.63, 3.8) is 0 Å². The van der Waals surface area contributed by atoms with Gasteiger partial charge in [-0.3, -0.25) is 5.43 Å². The molecule has 2 aromatic carbocycles. The van der Waals surface area contributed by atoms with Gasteiger partial charge in [-0.25, -0.2) is 10.0 Å². The molecule has 1 heterocycles. The first-order valence-electron chi connectivity index (χ1n) is 7.00. The number of benzene rings is 2. The Balaban J connectivity index is 1.84. The van der Waals surface area contributed by atoms with E-state index < -0.39 is 0 Å². The van der Waals surface area contributed by atoms with Gasteiger partial charge < -0.3 is 4.74 Å². The molecule has 21 heavy (non-hydrogen) atoms. The van der Waals surface area contributed by atoms with Crippen molar-refractivity contribution in [3.8, 4) is 0 Å². The molecule has 0 spiro atoms. The van der Waals surface area contributed by atoms with E-state index in [-0.39, 0.29) is 5.54 Å². The number of anilines is 1. The topological polar surface area (TPSA) is 36.9 Å². The van der Waals surface area contributed by atoms with Crippen molar-refractivity contribution >= 4 is 11.7 Å². The monoisotopic (exact) mass is 281 g/mol. The summed E-state index contributed by atoms with van der Waals surface area (Å²) in [6, 6.07) is 20.9. The van der Waals surface area contributed by atoms with Gasteiger partial charge in [-0.15, -0.1) is 0 Å². The predicted octanol–water partition coefficient (Wildman–Crippen LogP) is 3.25. The Bertz CT molecular complexity index is 627. The molecular formula is C17H19N3O. The molecule has 3 rings (SSSR count). The summed E-state index contributed by atoms with van der Waals surface area (Å²) in [5, 5.41) is 1.95. The third kappa shape index (κ3) is 2.70. The first-order chi connectivity index (χ1) is 10.2. The van der Waals surface area contributed by atoms with Gasteiger partial charge in [0, 0.05) is 0 Å². The van der Waals surface area contributed by atoms with Crippen LogP contribution in [0.2, 0.25) is 0 Å². The van der Waals surface area contributed by atoms with Crippen LogP contribution in [0.25, 0.3) is 0 Å². The van der Waals surface area contributed by atoms with E-state index in [0.29, 0.717) is 6.02 Å². The number of aliphatic imine (C=N–C) groups is 1. The standard InChI is InChI=1S/C17H19N3O/c1-17(14-9-5-3-6-10-14)13-20(16(18-17)21-2)19-15-11-7-4-8-12-15/h3-12,19H,13H2,1-2H3/t17-/m1/s1. The summed E-state index contributed by atoms with van der Waals surface area (Å²) < 4.78 is 5.43. The second kappa shape index (κ2) is 5.48. The maximum absolute atomic E-state index is 5.43. The van der Waals surface area contributed by atoms with Crippen molar-refractivity contribution in [2.45, 2.75) is 12.5 Å². The zero-order valence-electron chi connectivity index (χ0n) is 12.3. The number of amidine groups is 1. The quantitative estimate of drug-likeness (QED) is 0.938. The highest BCUT2D eigenvalue weighted by atomic mass is 16.5. The van der Waals surface area contributed by atoms with E-state index in [2.05, 4.69) is 24.5 Å². The molecule has 0 bridgehead atoms. The Kier molecular flexibility index (Phi) is 3.52. The van der Waals surface area contributed by atoms with E-state index in [1.54, 1.807) is 7.11 Å². The van der Waals surface area contributed by atoms with Gasteiger partial charge in [0.2, 0.25) is 0 Å². The number of nitrogens with zero attached hydrogens (tertiary/aromatic N) is 2. The van der Waals surface area contributed by atoms with Gasteiger partial charge in [-0.2, -0.15) is 0 Å². The van der Waals surface area contributed by atoms with E-state index in [1.807, 2.05) is 53.5 Å². The summed E-state index contributed by atoms with van der Waals surface area (Å²) in [5.74, 6) is 0. The number of hydrogen-bond donors (Lipinski definition) is 1. The Morgan fingerprint density at radius 1 is 1.05 bits per heavy atom.